The maximum atomic E-state index is 12.8. The molecule has 2 aromatic carbocycles. The molecule has 2 saturated heterocycles. The maximum Gasteiger partial charge on any atom is 0.321 e. The molecule has 4 amide bonds. The first-order valence-corrected chi connectivity index (χ1v) is 10.6. The Hall–Kier alpha value is -3.06. The fraction of sp³-hybridized carbons (Fsp3) is 0.391. The van der Waals surface area contributed by atoms with Gasteiger partial charge in [-0.25, -0.2) is 9.59 Å². The van der Waals surface area contributed by atoms with Crippen LogP contribution in [0, 0.1) is 0 Å². The van der Waals surface area contributed by atoms with Crippen molar-refractivity contribution in [3.8, 4) is 0 Å². The molecule has 0 spiro atoms. The molecule has 7 nitrogen and oxygen atoms in total. The van der Waals surface area contributed by atoms with Crippen molar-refractivity contribution in [1.29, 1.82) is 0 Å². The Labute approximate surface area is 177 Å². The quantitative estimate of drug-likeness (QED) is 0.770. The first-order chi connectivity index (χ1) is 14.6. The van der Waals surface area contributed by atoms with E-state index in [1.807, 2.05) is 30.3 Å². The van der Waals surface area contributed by atoms with Crippen LogP contribution in [0.15, 0.2) is 48.5 Å². The predicted octanol–water partition coefficient (Wildman–Crippen LogP) is 3.48. The molecule has 0 unspecified atom stereocenters. The van der Waals surface area contributed by atoms with Gasteiger partial charge in [-0.2, -0.15) is 0 Å². The molecule has 158 valence electrons. The SMILES string of the molecule is CN(Cc1ccccc1CN1CCCC1)C(=O)Nc1cccc(N2CCNC2=O)c1. The number of benzene rings is 2. The monoisotopic (exact) mass is 407 g/mol. The highest BCUT2D eigenvalue weighted by molar-refractivity contribution is 5.95. The van der Waals surface area contributed by atoms with E-state index in [-0.39, 0.29) is 12.1 Å². The Morgan fingerprint density at radius 3 is 2.57 bits per heavy atom. The van der Waals surface area contributed by atoms with Crippen molar-refractivity contribution < 1.29 is 9.59 Å². The molecule has 0 aliphatic carbocycles. The number of urea groups is 2. The normalized spacial score (nSPS) is 16.6. The zero-order valence-electron chi connectivity index (χ0n) is 17.4. The van der Waals surface area contributed by atoms with E-state index >= 15 is 0 Å². The lowest BCUT2D eigenvalue weighted by molar-refractivity contribution is 0.220. The van der Waals surface area contributed by atoms with E-state index in [4.69, 9.17) is 0 Å². The minimum Gasteiger partial charge on any atom is -0.336 e. The summed E-state index contributed by atoms with van der Waals surface area (Å²) in [7, 11) is 1.81. The van der Waals surface area contributed by atoms with Gasteiger partial charge >= 0.3 is 12.1 Å². The largest absolute Gasteiger partial charge is 0.336 e. The lowest BCUT2D eigenvalue weighted by Gasteiger charge is -2.22. The van der Waals surface area contributed by atoms with Gasteiger partial charge in [0.25, 0.3) is 0 Å². The Morgan fingerprint density at radius 2 is 1.83 bits per heavy atom. The Balaban J connectivity index is 1.39. The van der Waals surface area contributed by atoms with E-state index in [9.17, 15) is 9.59 Å². The van der Waals surface area contributed by atoms with Gasteiger partial charge in [-0.05, 0) is 55.3 Å². The first kappa shape index (κ1) is 20.2. The number of anilines is 2. The van der Waals surface area contributed by atoms with Crippen molar-refractivity contribution in [1.82, 2.24) is 15.1 Å². The second-order valence-electron chi connectivity index (χ2n) is 7.97. The first-order valence-electron chi connectivity index (χ1n) is 10.6. The highest BCUT2D eigenvalue weighted by Crippen LogP contribution is 2.22. The lowest BCUT2D eigenvalue weighted by atomic mass is 10.1. The molecule has 2 fully saturated rings. The Morgan fingerprint density at radius 1 is 1.07 bits per heavy atom. The number of hydrogen-bond acceptors (Lipinski definition) is 3. The van der Waals surface area contributed by atoms with Gasteiger partial charge < -0.3 is 15.5 Å². The van der Waals surface area contributed by atoms with Crippen molar-refractivity contribution in [2.75, 3.05) is 43.4 Å². The van der Waals surface area contributed by atoms with Gasteiger partial charge in [-0.15, -0.1) is 0 Å². The van der Waals surface area contributed by atoms with Crippen LogP contribution in [-0.2, 0) is 13.1 Å². The van der Waals surface area contributed by atoms with Crippen LogP contribution in [-0.4, -0.2) is 55.1 Å². The van der Waals surface area contributed by atoms with Crippen molar-refractivity contribution in [3.63, 3.8) is 0 Å². The molecular formula is C23H29N5O2. The van der Waals surface area contributed by atoms with Crippen LogP contribution in [0.5, 0.6) is 0 Å². The molecule has 4 rings (SSSR count). The molecule has 2 aromatic rings. The maximum absolute atomic E-state index is 12.8. The van der Waals surface area contributed by atoms with Crippen LogP contribution >= 0.6 is 0 Å². The number of amides is 4. The van der Waals surface area contributed by atoms with Crippen LogP contribution in [0.4, 0.5) is 21.0 Å². The number of nitrogens with one attached hydrogen (secondary N) is 2. The van der Waals surface area contributed by atoms with Crippen LogP contribution in [0.2, 0.25) is 0 Å². The van der Waals surface area contributed by atoms with Crippen LogP contribution in [0.25, 0.3) is 0 Å². The van der Waals surface area contributed by atoms with Crippen molar-refractivity contribution >= 4 is 23.4 Å². The number of nitrogens with zero attached hydrogens (tertiary/aromatic N) is 3. The van der Waals surface area contributed by atoms with Gasteiger partial charge in [-0.1, -0.05) is 30.3 Å². The molecular weight excluding hydrogens is 378 g/mol. The average Bonchev–Trinajstić information content (AvgIpc) is 3.41. The van der Waals surface area contributed by atoms with Gasteiger partial charge in [0.1, 0.15) is 0 Å². The summed E-state index contributed by atoms with van der Waals surface area (Å²) in [6.45, 7) is 5.04. The highest BCUT2D eigenvalue weighted by Gasteiger charge is 2.21. The molecule has 2 aliphatic rings. The van der Waals surface area contributed by atoms with Crippen molar-refractivity contribution in [2.24, 2.45) is 0 Å². The average molecular weight is 408 g/mol. The molecule has 2 aliphatic heterocycles. The van der Waals surface area contributed by atoms with Gasteiger partial charge in [0, 0.05) is 44.6 Å². The zero-order valence-corrected chi connectivity index (χ0v) is 17.4. The smallest absolute Gasteiger partial charge is 0.321 e. The second kappa shape index (κ2) is 9.17. The summed E-state index contributed by atoms with van der Waals surface area (Å²) in [6, 6.07) is 15.5. The van der Waals surface area contributed by atoms with Crippen molar-refractivity contribution in [3.05, 3.63) is 59.7 Å². The third kappa shape index (κ3) is 4.74. The third-order valence-corrected chi connectivity index (χ3v) is 5.73. The summed E-state index contributed by atoms with van der Waals surface area (Å²) in [5.41, 5.74) is 3.90. The Kier molecular flexibility index (Phi) is 6.18. The second-order valence-corrected chi connectivity index (χ2v) is 7.97. The fourth-order valence-electron chi connectivity index (χ4n) is 4.06. The van der Waals surface area contributed by atoms with Crippen LogP contribution in [0.3, 0.4) is 0 Å². The number of likely N-dealkylation sites (tertiary alicyclic amines) is 1. The van der Waals surface area contributed by atoms with E-state index in [2.05, 4.69) is 33.7 Å². The molecule has 30 heavy (non-hydrogen) atoms. The number of carbonyl (C=O) groups is 2. The van der Waals surface area contributed by atoms with Crippen molar-refractivity contribution in [2.45, 2.75) is 25.9 Å². The van der Waals surface area contributed by atoms with E-state index < -0.39 is 0 Å². The molecule has 0 radical (unpaired) electrons. The van der Waals surface area contributed by atoms with Gasteiger partial charge in [0.2, 0.25) is 0 Å². The molecule has 7 heteroatoms. The van der Waals surface area contributed by atoms with Gasteiger partial charge in [0.05, 0.1) is 0 Å². The molecule has 0 bridgehead atoms. The van der Waals surface area contributed by atoms with Gasteiger partial charge in [-0.3, -0.25) is 9.80 Å². The summed E-state index contributed by atoms with van der Waals surface area (Å²) < 4.78 is 0. The standard InChI is InChI=1S/C23H29N5O2/c1-26(16-18-7-2-3-8-19(18)17-27-12-4-5-13-27)23(30)25-20-9-6-10-21(15-20)28-14-11-24-22(28)29/h2-3,6-10,15H,4-5,11-14,16-17H2,1H3,(H,24,29)(H,25,30). The molecule has 0 atom stereocenters. The fourth-order valence-corrected chi connectivity index (χ4v) is 4.06. The number of carbonyl (C=O) groups excluding carboxylic acids is 2. The minimum atomic E-state index is -0.172. The summed E-state index contributed by atoms with van der Waals surface area (Å²) in [5, 5.41) is 5.74. The van der Waals surface area contributed by atoms with E-state index in [0.29, 0.717) is 25.3 Å². The minimum absolute atomic E-state index is 0.106. The molecule has 2 heterocycles. The number of hydrogen-bond donors (Lipinski definition) is 2. The van der Waals surface area contributed by atoms with Crippen LogP contribution in [0.1, 0.15) is 24.0 Å². The van der Waals surface area contributed by atoms with Gasteiger partial charge in [0.15, 0.2) is 0 Å². The number of rotatable bonds is 6. The molecule has 0 aromatic heterocycles. The zero-order chi connectivity index (χ0) is 20.9. The molecule has 0 saturated carbocycles. The summed E-state index contributed by atoms with van der Waals surface area (Å²) in [5.74, 6) is 0. The molecule has 2 N–H and O–H groups in total. The Bertz CT molecular complexity index is 910. The summed E-state index contributed by atoms with van der Waals surface area (Å²) in [4.78, 5) is 30.5. The van der Waals surface area contributed by atoms with E-state index in [1.165, 1.54) is 24.0 Å². The van der Waals surface area contributed by atoms with E-state index in [0.717, 1.165) is 25.3 Å². The van der Waals surface area contributed by atoms with E-state index in [1.54, 1.807) is 16.8 Å². The summed E-state index contributed by atoms with van der Waals surface area (Å²) in [6.07, 6.45) is 2.53. The topological polar surface area (TPSA) is 67.9 Å². The predicted molar refractivity (Wildman–Crippen MR) is 119 cm³/mol. The van der Waals surface area contributed by atoms with Crippen LogP contribution < -0.4 is 15.5 Å². The third-order valence-electron chi connectivity index (χ3n) is 5.73. The summed E-state index contributed by atoms with van der Waals surface area (Å²) >= 11 is 0. The highest BCUT2D eigenvalue weighted by atomic mass is 16.2. The lowest BCUT2D eigenvalue weighted by Crippen LogP contribution is -2.32.